The van der Waals surface area contributed by atoms with Crippen LogP contribution >= 0.6 is 0 Å². The summed E-state index contributed by atoms with van der Waals surface area (Å²) in [4.78, 5) is 36.4. The number of imidazole rings is 2. The van der Waals surface area contributed by atoms with Crippen LogP contribution in [0.3, 0.4) is 0 Å². The summed E-state index contributed by atoms with van der Waals surface area (Å²) < 4.78 is 55.8. The van der Waals surface area contributed by atoms with E-state index in [1.165, 1.54) is 0 Å². The standard InChI is InChI=1S/C29H42N6O5S.3CO.Re/c1-28(2,3)17-24(36)18-34-15-12-30-25(34)19-33(14-11-22-7-9-23(10-8-22)32-41(38)39)20-26-31-13-16-35(26)21-27(37)40-29(4,5)6;3*1-2;/h7-10,12-13,15-16,32H,11,14,17-21H2,1-6H3,(H,38,39);;;;/p-1. The van der Waals surface area contributed by atoms with Crippen LogP contribution in [0.15, 0.2) is 49.1 Å². The molecule has 1 radical (unpaired) electrons. The molecule has 0 bridgehead atoms. The maximum absolute atomic E-state index is 12.7. The van der Waals surface area contributed by atoms with Gasteiger partial charge in [0.1, 0.15) is 23.8 Å². The van der Waals surface area contributed by atoms with Gasteiger partial charge < -0.3 is 23.1 Å². The van der Waals surface area contributed by atoms with E-state index in [2.05, 4.69) is 39.5 Å². The molecule has 0 aliphatic heterocycles. The van der Waals surface area contributed by atoms with E-state index in [0.717, 1.165) is 11.4 Å². The van der Waals surface area contributed by atoms with Gasteiger partial charge in [-0.05, 0) is 50.3 Å². The van der Waals surface area contributed by atoms with Gasteiger partial charge in [-0.2, -0.15) is 0 Å². The van der Waals surface area contributed by atoms with Crippen molar-refractivity contribution in [2.75, 3.05) is 11.3 Å². The smallest absolute Gasteiger partial charge is 0 e. The van der Waals surface area contributed by atoms with Crippen molar-refractivity contribution in [3.8, 4) is 0 Å². The van der Waals surface area contributed by atoms with Crippen LogP contribution in [0.1, 0.15) is 65.2 Å². The normalized spacial score (nSPS) is 11.1. The molecule has 3 aromatic rings. The first-order valence-electron chi connectivity index (χ1n) is 14.2. The van der Waals surface area contributed by atoms with Crippen molar-refractivity contribution in [1.29, 1.82) is 0 Å². The van der Waals surface area contributed by atoms with E-state index in [9.17, 15) is 18.4 Å². The quantitative estimate of drug-likeness (QED) is 0.110. The molecule has 2 heterocycles. The van der Waals surface area contributed by atoms with Crippen LogP contribution < -0.4 is 4.72 Å². The van der Waals surface area contributed by atoms with Crippen molar-refractivity contribution >= 4 is 28.7 Å². The minimum atomic E-state index is -2.38. The van der Waals surface area contributed by atoms with Gasteiger partial charge in [0.2, 0.25) is 0 Å². The van der Waals surface area contributed by atoms with Gasteiger partial charge >= 0.3 is 39.9 Å². The number of ketones is 1. The molecule has 1 atom stereocenters. The molecule has 2 aromatic heterocycles. The molecular weight excluding hydrogens is 815 g/mol. The Kier molecular flexibility index (Phi) is 23.1. The number of esters is 1. The molecule has 0 aliphatic rings. The second kappa shape index (κ2) is 23.8. The third-order valence-corrected chi connectivity index (χ3v) is 6.40. The molecule has 14 nitrogen and oxygen atoms in total. The third-order valence-electron chi connectivity index (χ3n) is 6.00. The van der Waals surface area contributed by atoms with Crippen LogP contribution in [0, 0.1) is 25.4 Å². The van der Waals surface area contributed by atoms with Gasteiger partial charge in [-0.1, -0.05) is 32.9 Å². The zero-order valence-corrected chi connectivity index (χ0v) is 31.4. The molecule has 0 fully saturated rings. The molecule has 1 N–H and O–H groups in total. The summed E-state index contributed by atoms with van der Waals surface area (Å²) in [6.07, 6.45) is 8.10. The zero-order valence-electron chi connectivity index (χ0n) is 27.9. The predicted octanol–water partition coefficient (Wildman–Crippen LogP) is 3.76. The summed E-state index contributed by atoms with van der Waals surface area (Å²) in [5.74, 6) is 1.26. The van der Waals surface area contributed by atoms with Crippen LogP contribution in [0.2, 0.25) is 0 Å². The number of carbonyl (C=O) groups is 2. The Labute approximate surface area is 298 Å². The molecule has 0 spiro atoms. The topological polar surface area (TPSA) is 194 Å². The summed E-state index contributed by atoms with van der Waals surface area (Å²) >= 11 is -2.38. The first kappa shape index (κ1) is 46.7. The van der Waals surface area contributed by atoms with Crippen LogP contribution in [0.25, 0.3) is 0 Å². The Hall–Kier alpha value is -3.47. The Balaban J connectivity index is 0. The summed E-state index contributed by atoms with van der Waals surface area (Å²) in [6.45, 7) is 27.0. The van der Waals surface area contributed by atoms with Crippen molar-refractivity contribution in [3.63, 3.8) is 0 Å². The van der Waals surface area contributed by atoms with Gasteiger partial charge in [0.25, 0.3) is 0 Å². The monoisotopic (exact) mass is 856 g/mol. The fourth-order valence-corrected chi connectivity index (χ4v) is 4.69. The average Bonchev–Trinajstić information content (AvgIpc) is 3.62. The van der Waals surface area contributed by atoms with Crippen LogP contribution in [0.4, 0.5) is 5.69 Å². The van der Waals surface area contributed by atoms with Crippen molar-refractivity contribution in [2.24, 2.45) is 5.41 Å². The second-order valence-electron chi connectivity index (χ2n) is 12.3. The number of carbonyl (C=O) groups excluding carboxylic acids is 2. The fourth-order valence-electron chi connectivity index (χ4n) is 4.36. The third kappa shape index (κ3) is 19.4. The van der Waals surface area contributed by atoms with Gasteiger partial charge in [-0.15, -0.1) is 0 Å². The summed E-state index contributed by atoms with van der Waals surface area (Å²) in [6, 6.07) is 7.19. The number of rotatable bonds is 14. The summed E-state index contributed by atoms with van der Waals surface area (Å²) in [7, 11) is 0. The minimum Gasteiger partial charge on any atom is 0 e. The Morgan fingerprint density at radius 2 is 1.38 bits per heavy atom. The molecule has 0 amide bonds. The number of benzene rings is 1. The van der Waals surface area contributed by atoms with E-state index in [1.54, 1.807) is 35.3 Å². The van der Waals surface area contributed by atoms with Crippen LogP contribution in [0.5, 0.6) is 0 Å². The van der Waals surface area contributed by atoms with Gasteiger partial charge in [0.15, 0.2) is 5.78 Å². The van der Waals surface area contributed by atoms with E-state index in [4.69, 9.17) is 18.7 Å². The molecule has 1 unspecified atom stereocenters. The van der Waals surface area contributed by atoms with Crippen LogP contribution in [-0.2, 0) is 92.6 Å². The average molecular weight is 856 g/mol. The van der Waals surface area contributed by atoms with Gasteiger partial charge in [-0.25, -0.2) is 9.97 Å². The van der Waals surface area contributed by atoms with E-state index < -0.39 is 16.9 Å². The SMILES string of the molecule is CC(C)(C)CC(=O)Cn1ccnc1CN(CCc1ccc(NS(=O)[O-])cc1)Cc1nccn1CC(=O)OC(C)(C)C.[C-]#[O+].[C-]#[O+].[C-]#[O+].[Re]. The Bertz CT molecular complexity index is 1390. The number of ether oxygens (including phenoxy) is 1. The summed E-state index contributed by atoms with van der Waals surface area (Å²) in [5, 5.41) is 0. The minimum absolute atomic E-state index is 0. The summed E-state index contributed by atoms with van der Waals surface area (Å²) in [5.41, 5.74) is 0.838. The zero-order chi connectivity index (χ0) is 36.2. The molecule has 261 valence electrons. The van der Waals surface area contributed by atoms with Gasteiger partial charge in [0.05, 0.1) is 19.6 Å². The molecule has 1 aromatic carbocycles. The predicted molar refractivity (Wildman–Crippen MR) is 168 cm³/mol. The number of hydrogen-bond acceptors (Lipinski definition) is 8. The van der Waals surface area contributed by atoms with E-state index in [1.807, 2.05) is 64.4 Å². The molecule has 3 rings (SSSR count). The number of Topliss-reactive ketones (excluding diaryl/α,β-unsaturated/α-hetero) is 1. The molecule has 0 saturated heterocycles. The Morgan fingerprint density at radius 3 is 1.81 bits per heavy atom. The van der Waals surface area contributed by atoms with E-state index in [-0.39, 0.29) is 50.7 Å². The number of nitrogens with zero attached hydrogens (tertiary/aromatic N) is 5. The first-order valence-corrected chi connectivity index (χ1v) is 15.3. The van der Waals surface area contributed by atoms with Crippen molar-refractivity contribution in [3.05, 3.63) is 86.2 Å². The Morgan fingerprint density at radius 1 is 0.896 bits per heavy atom. The molecule has 48 heavy (non-hydrogen) atoms. The second-order valence-corrected chi connectivity index (χ2v) is 13.0. The number of anilines is 1. The van der Waals surface area contributed by atoms with E-state index in [0.29, 0.717) is 44.0 Å². The maximum Gasteiger partial charge on any atom is 0 e. The van der Waals surface area contributed by atoms with Crippen molar-refractivity contribution in [2.45, 2.75) is 86.2 Å². The molecular formula is C32H41N6O8ReS-. The molecule has 0 aliphatic carbocycles. The van der Waals surface area contributed by atoms with Crippen molar-refractivity contribution < 1.29 is 57.5 Å². The number of nitrogens with one attached hydrogen (secondary N) is 1. The largest absolute Gasteiger partial charge is 0 e. The van der Waals surface area contributed by atoms with Gasteiger partial charge in [-0.3, -0.25) is 18.7 Å². The van der Waals surface area contributed by atoms with Gasteiger partial charge in [0, 0.05) is 75.1 Å². The number of hydrogen-bond donors (Lipinski definition) is 1. The van der Waals surface area contributed by atoms with E-state index >= 15 is 0 Å². The first-order chi connectivity index (χ1) is 22.2. The van der Waals surface area contributed by atoms with Crippen LogP contribution in [-0.4, -0.2) is 56.7 Å². The molecule has 0 saturated carbocycles. The van der Waals surface area contributed by atoms with Crippen molar-refractivity contribution in [1.82, 2.24) is 24.0 Å². The number of aromatic nitrogens is 4. The fraction of sp³-hybridized carbons (Fsp3) is 0.469. The molecule has 16 heteroatoms. The maximum atomic E-state index is 12.7.